The van der Waals surface area contributed by atoms with Crippen molar-refractivity contribution in [3.8, 4) is 5.75 Å². The molecule has 0 saturated heterocycles. The molecule has 0 spiro atoms. The largest absolute Gasteiger partial charge is 0.493 e. The highest BCUT2D eigenvalue weighted by atomic mass is 127. The number of halogens is 1. The Morgan fingerprint density at radius 2 is 1.79 bits per heavy atom. The topological polar surface area (TPSA) is 118 Å². The van der Waals surface area contributed by atoms with Gasteiger partial charge in [-0.3, -0.25) is 9.59 Å². The van der Waals surface area contributed by atoms with E-state index >= 15 is 0 Å². The van der Waals surface area contributed by atoms with Gasteiger partial charge in [0.05, 0.1) is 19.7 Å². The Morgan fingerprint density at radius 3 is 2.45 bits per heavy atom. The third-order valence-electron chi connectivity index (χ3n) is 4.99. The zero-order valence-electron chi connectivity index (χ0n) is 18.8. The summed E-state index contributed by atoms with van der Waals surface area (Å²) >= 11 is 0. The van der Waals surface area contributed by atoms with Crippen LogP contribution in [0, 0.1) is 5.92 Å². The summed E-state index contributed by atoms with van der Waals surface area (Å²) in [5.74, 6) is 1.40. The summed E-state index contributed by atoms with van der Waals surface area (Å²) in [4.78, 5) is 27.4. The van der Waals surface area contributed by atoms with Crippen molar-refractivity contribution < 1.29 is 14.3 Å². The number of carbonyl (C=O) groups excluding carboxylic acids is 2. The number of hydrogen-bond donors (Lipinski definition) is 4. The van der Waals surface area contributed by atoms with Crippen LogP contribution >= 0.6 is 24.0 Å². The highest BCUT2D eigenvalue weighted by molar-refractivity contribution is 14.0. The van der Waals surface area contributed by atoms with E-state index in [1.165, 1.54) is 12.8 Å². The summed E-state index contributed by atoms with van der Waals surface area (Å²) in [6, 6.07) is 15.1. The van der Waals surface area contributed by atoms with E-state index in [0.717, 1.165) is 30.0 Å². The third kappa shape index (κ3) is 9.29. The zero-order chi connectivity index (χ0) is 22.8. The number of amides is 2. The number of aliphatic imine (C=N–C) groups is 1. The molecule has 178 valence electrons. The number of rotatable bonds is 11. The van der Waals surface area contributed by atoms with E-state index in [-0.39, 0.29) is 36.4 Å². The molecule has 9 heteroatoms. The number of benzene rings is 2. The maximum absolute atomic E-state index is 12.0. The molecule has 1 aliphatic carbocycles. The summed E-state index contributed by atoms with van der Waals surface area (Å²) in [7, 11) is 0. The number of ether oxygens (including phenoxy) is 1. The van der Waals surface area contributed by atoms with E-state index in [2.05, 4.69) is 27.0 Å². The molecule has 8 nitrogen and oxygen atoms in total. The lowest BCUT2D eigenvalue weighted by Gasteiger charge is -2.14. The van der Waals surface area contributed by atoms with Crippen LogP contribution in [0.1, 0.15) is 41.3 Å². The van der Waals surface area contributed by atoms with Gasteiger partial charge < -0.3 is 26.4 Å². The number of hydrogen-bond acceptors (Lipinski definition) is 4. The summed E-state index contributed by atoms with van der Waals surface area (Å²) in [5.41, 5.74) is 7.56. The minimum absolute atomic E-state index is 0. The number of nitrogens with two attached hydrogens (primary N) is 1. The van der Waals surface area contributed by atoms with Gasteiger partial charge in [0.15, 0.2) is 5.96 Å². The second-order valence-corrected chi connectivity index (χ2v) is 7.76. The Morgan fingerprint density at radius 1 is 1.06 bits per heavy atom. The van der Waals surface area contributed by atoms with Crippen molar-refractivity contribution in [2.75, 3.05) is 19.7 Å². The average molecular weight is 565 g/mol. The zero-order valence-corrected chi connectivity index (χ0v) is 21.1. The van der Waals surface area contributed by atoms with E-state index in [4.69, 9.17) is 10.5 Å². The summed E-state index contributed by atoms with van der Waals surface area (Å²) in [5, 5.41) is 9.08. The summed E-state index contributed by atoms with van der Waals surface area (Å²) < 4.78 is 5.98. The minimum atomic E-state index is -0.579. The highest BCUT2D eigenvalue weighted by Crippen LogP contribution is 2.30. The molecule has 2 aromatic carbocycles. The Hall–Kier alpha value is -2.82. The van der Waals surface area contributed by atoms with Crippen LogP contribution in [-0.2, 0) is 17.9 Å². The molecule has 33 heavy (non-hydrogen) atoms. The van der Waals surface area contributed by atoms with Crippen LogP contribution < -0.4 is 26.4 Å². The lowest BCUT2D eigenvalue weighted by atomic mass is 10.1. The maximum Gasteiger partial charge on any atom is 0.251 e. The molecule has 1 aliphatic rings. The molecule has 1 fully saturated rings. The molecule has 1 saturated carbocycles. The molecule has 0 aromatic heterocycles. The number of guanidine groups is 1. The Bertz CT molecular complexity index is 945. The van der Waals surface area contributed by atoms with E-state index in [0.29, 0.717) is 30.5 Å². The first kappa shape index (κ1) is 26.4. The SMILES string of the molecule is CCNC(=NCc1ccc(C(=O)NCC(N)=O)cc1)NCc1ccccc1OCC1CC1.I. The van der Waals surface area contributed by atoms with Crippen molar-refractivity contribution in [1.82, 2.24) is 16.0 Å². The maximum atomic E-state index is 12.0. The van der Waals surface area contributed by atoms with E-state index in [9.17, 15) is 9.59 Å². The monoisotopic (exact) mass is 565 g/mol. The van der Waals surface area contributed by atoms with Crippen LogP contribution in [0.4, 0.5) is 0 Å². The van der Waals surface area contributed by atoms with Crippen LogP contribution in [-0.4, -0.2) is 37.5 Å². The molecule has 0 heterocycles. The van der Waals surface area contributed by atoms with Gasteiger partial charge in [-0.25, -0.2) is 4.99 Å². The number of nitrogens with zero attached hydrogens (tertiary/aromatic N) is 1. The molecule has 2 aromatic rings. The Kier molecular flexibility index (Phi) is 10.9. The van der Waals surface area contributed by atoms with Crippen molar-refractivity contribution >= 4 is 41.8 Å². The van der Waals surface area contributed by atoms with E-state index in [1.54, 1.807) is 12.1 Å². The molecule has 3 rings (SSSR count). The van der Waals surface area contributed by atoms with Gasteiger partial charge >= 0.3 is 0 Å². The first-order valence-electron chi connectivity index (χ1n) is 10.9. The van der Waals surface area contributed by atoms with E-state index in [1.807, 2.05) is 37.3 Å². The van der Waals surface area contributed by atoms with E-state index < -0.39 is 5.91 Å². The van der Waals surface area contributed by atoms with Crippen LogP contribution in [0.5, 0.6) is 5.75 Å². The molecule has 0 atom stereocenters. The van der Waals surface area contributed by atoms with Crippen LogP contribution in [0.3, 0.4) is 0 Å². The molecular weight excluding hydrogens is 533 g/mol. The molecule has 5 N–H and O–H groups in total. The lowest BCUT2D eigenvalue weighted by molar-refractivity contribution is -0.117. The van der Waals surface area contributed by atoms with Gasteiger partial charge in [-0.15, -0.1) is 24.0 Å². The van der Waals surface area contributed by atoms with Crippen molar-refractivity contribution in [2.24, 2.45) is 16.6 Å². The first-order valence-corrected chi connectivity index (χ1v) is 10.9. The number of carbonyl (C=O) groups is 2. The minimum Gasteiger partial charge on any atom is -0.493 e. The van der Waals surface area contributed by atoms with Gasteiger partial charge in [0.1, 0.15) is 5.75 Å². The second kappa shape index (κ2) is 13.7. The molecule has 0 bridgehead atoms. The van der Waals surface area contributed by atoms with Gasteiger partial charge in [0.2, 0.25) is 5.91 Å². The Balaban J connectivity index is 0.00000385. The predicted molar refractivity (Wildman–Crippen MR) is 140 cm³/mol. The summed E-state index contributed by atoms with van der Waals surface area (Å²) in [6.07, 6.45) is 2.52. The molecular formula is C24H32IN5O3. The molecule has 0 radical (unpaired) electrons. The number of primary amides is 1. The fourth-order valence-corrected chi connectivity index (χ4v) is 3.00. The van der Waals surface area contributed by atoms with Crippen molar-refractivity contribution in [3.63, 3.8) is 0 Å². The molecule has 0 aliphatic heterocycles. The van der Waals surface area contributed by atoms with Crippen LogP contribution in [0.15, 0.2) is 53.5 Å². The van der Waals surface area contributed by atoms with Gasteiger partial charge in [-0.05, 0) is 49.4 Å². The van der Waals surface area contributed by atoms with Crippen LogP contribution in [0.25, 0.3) is 0 Å². The predicted octanol–water partition coefficient (Wildman–Crippen LogP) is 2.56. The number of para-hydroxylation sites is 1. The van der Waals surface area contributed by atoms with Gasteiger partial charge in [0, 0.05) is 24.2 Å². The smallest absolute Gasteiger partial charge is 0.251 e. The quantitative estimate of drug-likeness (QED) is 0.190. The Labute approximate surface area is 211 Å². The molecule has 0 unspecified atom stereocenters. The van der Waals surface area contributed by atoms with Crippen molar-refractivity contribution in [2.45, 2.75) is 32.9 Å². The fraction of sp³-hybridized carbons (Fsp3) is 0.375. The first-order chi connectivity index (χ1) is 15.5. The van der Waals surface area contributed by atoms with Gasteiger partial charge in [-0.2, -0.15) is 0 Å². The normalized spacial score (nSPS) is 12.9. The lowest BCUT2D eigenvalue weighted by Crippen LogP contribution is -2.36. The van der Waals surface area contributed by atoms with Crippen LogP contribution in [0.2, 0.25) is 0 Å². The second-order valence-electron chi connectivity index (χ2n) is 7.76. The van der Waals surface area contributed by atoms with Crippen molar-refractivity contribution in [1.29, 1.82) is 0 Å². The molecule has 2 amide bonds. The fourth-order valence-electron chi connectivity index (χ4n) is 3.00. The average Bonchev–Trinajstić information content (AvgIpc) is 3.63. The van der Waals surface area contributed by atoms with Gasteiger partial charge in [-0.1, -0.05) is 30.3 Å². The summed E-state index contributed by atoms with van der Waals surface area (Å²) in [6.45, 7) is 4.41. The highest BCUT2D eigenvalue weighted by Gasteiger charge is 2.22. The van der Waals surface area contributed by atoms with Gasteiger partial charge in [0.25, 0.3) is 5.91 Å². The standard InChI is InChI=1S/C24H31N5O3.HI/c1-2-26-24(29-14-20-5-3-4-6-21(20)32-16-18-7-8-18)28-13-17-9-11-19(12-10-17)23(31)27-15-22(25)30;/h3-6,9-12,18H,2,7-8,13-16H2,1H3,(H2,25,30)(H,27,31)(H2,26,28,29);1H. The third-order valence-corrected chi connectivity index (χ3v) is 4.99. The van der Waals surface area contributed by atoms with Crippen molar-refractivity contribution in [3.05, 3.63) is 65.2 Å². The number of nitrogens with one attached hydrogen (secondary N) is 3.